The predicted molar refractivity (Wildman–Crippen MR) is 113 cm³/mol. The summed E-state index contributed by atoms with van der Waals surface area (Å²) in [4.78, 5) is 0. The summed E-state index contributed by atoms with van der Waals surface area (Å²) in [7, 11) is -4.07. The Hall–Kier alpha value is -0.380. The maximum Gasteiger partial charge on any atom is 0.523 e. The molecular weight excluding hydrogens is 445 g/mol. The quantitative estimate of drug-likeness (QED) is 0.278. The van der Waals surface area contributed by atoms with Crippen molar-refractivity contribution in [3.8, 4) is 0 Å². The third-order valence-electron chi connectivity index (χ3n) is 8.81. The minimum absolute atomic E-state index is 0.0172. The van der Waals surface area contributed by atoms with Crippen LogP contribution in [0.3, 0.4) is 0 Å². The Morgan fingerprint density at radius 1 is 0.750 bits per heavy atom. The van der Waals surface area contributed by atoms with Gasteiger partial charge in [-0.2, -0.15) is 21.6 Å². The lowest BCUT2D eigenvalue weighted by Crippen LogP contribution is -2.54. The van der Waals surface area contributed by atoms with Crippen molar-refractivity contribution in [3.63, 3.8) is 0 Å². The Morgan fingerprint density at radius 3 is 1.78 bits per heavy atom. The molecule has 0 aromatic rings. The molecule has 8 atom stereocenters. The van der Waals surface area contributed by atoms with Gasteiger partial charge in [0.1, 0.15) is 6.79 Å². The van der Waals surface area contributed by atoms with E-state index in [0.29, 0.717) is 24.2 Å². The van der Waals surface area contributed by atoms with Crippen LogP contribution in [0.15, 0.2) is 0 Å². The fourth-order valence-electron chi connectivity index (χ4n) is 7.64. The van der Waals surface area contributed by atoms with Gasteiger partial charge < -0.3 is 9.47 Å². The average Bonchev–Trinajstić information content (AvgIpc) is 2.76. The van der Waals surface area contributed by atoms with Crippen LogP contribution in [0.1, 0.15) is 77.0 Å². The molecule has 32 heavy (non-hydrogen) atoms. The predicted octanol–water partition coefficient (Wildman–Crippen LogP) is 5.64. The zero-order chi connectivity index (χ0) is 22.9. The minimum atomic E-state index is -5.64. The number of halogens is 3. The van der Waals surface area contributed by atoms with Crippen LogP contribution in [0.4, 0.5) is 13.2 Å². The maximum atomic E-state index is 13.2. The van der Waals surface area contributed by atoms with Crippen LogP contribution in [0.25, 0.3) is 0 Å². The third-order valence-corrected chi connectivity index (χ3v) is 9.87. The molecule has 0 aromatic heterocycles. The van der Waals surface area contributed by atoms with Crippen LogP contribution in [0.2, 0.25) is 0 Å². The molecule has 5 nitrogen and oxygen atoms in total. The molecule has 0 heterocycles. The van der Waals surface area contributed by atoms with E-state index in [2.05, 4.69) is 0 Å². The number of ether oxygens (including phenoxy) is 2. The van der Waals surface area contributed by atoms with E-state index in [4.69, 9.17) is 13.7 Å². The van der Waals surface area contributed by atoms with Gasteiger partial charge in [-0.05, 0) is 74.0 Å². The van der Waals surface area contributed by atoms with Gasteiger partial charge >= 0.3 is 15.6 Å². The molecule has 9 heteroatoms. The average molecular weight is 483 g/mol. The van der Waals surface area contributed by atoms with Crippen LogP contribution in [-0.4, -0.2) is 40.0 Å². The number of methoxy groups -OCH3 is 1. The Labute approximate surface area is 189 Å². The Bertz CT molecular complexity index is 728. The van der Waals surface area contributed by atoms with Crippen molar-refractivity contribution in [2.24, 2.45) is 35.5 Å². The van der Waals surface area contributed by atoms with Gasteiger partial charge in [0.15, 0.2) is 0 Å². The molecule has 4 rings (SSSR count). The van der Waals surface area contributed by atoms with Crippen LogP contribution in [0, 0.1) is 35.5 Å². The van der Waals surface area contributed by atoms with Crippen molar-refractivity contribution >= 4 is 10.1 Å². The fourth-order valence-corrected chi connectivity index (χ4v) is 8.30. The Morgan fingerprint density at radius 2 is 1.25 bits per heavy atom. The van der Waals surface area contributed by atoms with E-state index in [9.17, 15) is 21.6 Å². The number of hydrogen-bond donors (Lipinski definition) is 0. The molecule has 0 spiro atoms. The summed E-state index contributed by atoms with van der Waals surface area (Å²) in [6, 6.07) is 0. The van der Waals surface area contributed by atoms with Gasteiger partial charge in [0, 0.05) is 7.11 Å². The van der Waals surface area contributed by atoms with Gasteiger partial charge in [-0.25, -0.2) is 0 Å². The van der Waals surface area contributed by atoms with Crippen molar-refractivity contribution in [2.45, 2.75) is 94.8 Å². The van der Waals surface area contributed by atoms with E-state index in [1.165, 1.54) is 6.42 Å². The molecule has 4 aliphatic rings. The highest BCUT2D eigenvalue weighted by Crippen LogP contribution is 2.56. The summed E-state index contributed by atoms with van der Waals surface area (Å²) in [5.41, 5.74) is -5.40. The van der Waals surface area contributed by atoms with Gasteiger partial charge in [-0.15, -0.1) is 0 Å². The first-order chi connectivity index (χ1) is 15.2. The van der Waals surface area contributed by atoms with Gasteiger partial charge in [0.2, 0.25) is 0 Å². The van der Waals surface area contributed by atoms with Crippen molar-refractivity contribution in [2.75, 3.05) is 13.9 Å². The van der Waals surface area contributed by atoms with E-state index in [1.54, 1.807) is 7.11 Å². The van der Waals surface area contributed by atoms with Crippen molar-refractivity contribution in [1.82, 2.24) is 0 Å². The van der Waals surface area contributed by atoms with E-state index in [1.807, 2.05) is 0 Å². The highest BCUT2D eigenvalue weighted by molar-refractivity contribution is 7.87. The Kier molecular flexibility index (Phi) is 7.79. The summed E-state index contributed by atoms with van der Waals surface area (Å²) >= 11 is 0. The Balaban J connectivity index is 1.69. The summed E-state index contributed by atoms with van der Waals surface area (Å²) in [5.74, 6) is 1.33. The van der Waals surface area contributed by atoms with Crippen LogP contribution >= 0.6 is 0 Å². The normalized spacial score (nSPS) is 41.0. The van der Waals surface area contributed by atoms with Crippen molar-refractivity contribution < 1.29 is 35.2 Å². The molecule has 186 valence electrons. The lowest BCUT2D eigenvalue weighted by atomic mass is 9.53. The van der Waals surface area contributed by atoms with Gasteiger partial charge in [0.05, 0.1) is 12.2 Å². The van der Waals surface area contributed by atoms with E-state index >= 15 is 0 Å². The lowest BCUT2D eigenvalue weighted by molar-refractivity contribution is -0.167. The van der Waals surface area contributed by atoms with E-state index in [0.717, 1.165) is 64.2 Å². The first-order valence-electron chi connectivity index (χ1n) is 12.3. The van der Waals surface area contributed by atoms with Crippen LogP contribution in [-0.2, 0) is 23.8 Å². The molecule has 4 fully saturated rings. The van der Waals surface area contributed by atoms with Gasteiger partial charge in [0.25, 0.3) is 0 Å². The summed E-state index contributed by atoms with van der Waals surface area (Å²) in [5, 5.41) is 0. The second-order valence-electron chi connectivity index (χ2n) is 10.4. The van der Waals surface area contributed by atoms with Crippen molar-refractivity contribution in [3.05, 3.63) is 0 Å². The molecule has 0 aromatic carbocycles. The second-order valence-corrected chi connectivity index (χ2v) is 11.9. The first kappa shape index (κ1) is 24.7. The highest BCUT2D eigenvalue weighted by Gasteiger charge is 2.56. The van der Waals surface area contributed by atoms with E-state index < -0.39 is 21.7 Å². The molecule has 0 radical (unpaired) electrons. The van der Waals surface area contributed by atoms with Crippen LogP contribution < -0.4 is 0 Å². The van der Waals surface area contributed by atoms with E-state index in [-0.39, 0.29) is 30.7 Å². The molecule has 4 saturated carbocycles. The van der Waals surface area contributed by atoms with Gasteiger partial charge in [-0.1, -0.05) is 38.5 Å². The third kappa shape index (κ3) is 5.01. The smallest absolute Gasteiger partial charge is 0.359 e. The molecule has 0 amide bonds. The number of alkyl halides is 3. The fraction of sp³-hybridized carbons (Fsp3) is 1.00. The van der Waals surface area contributed by atoms with Crippen LogP contribution in [0.5, 0.6) is 0 Å². The largest absolute Gasteiger partial charge is 0.523 e. The minimum Gasteiger partial charge on any atom is -0.359 e. The number of fused-ring (bicyclic) bond motifs is 2. The molecule has 0 saturated heterocycles. The SMILES string of the molecule is COCO[C@H]1CCC2CCCCC2[C@H]1C1C(OS(=O)(=O)C(F)(F)F)CCC2CCCCC21. The monoisotopic (exact) mass is 482 g/mol. The topological polar surface area (TPSA) is 61.8 Å². The lowest BCUT2D eigenvalue weighted by Gasteiger charge is -2.55. The molecule has 0 aliphatic heterocycles. The molecule has 0 N–H and O–H groups in total. The molecule has 6 unspecified atom stereocenters. The molecule has 0 bridgehead atoms. The maximum absolute atomic E-state index is 13.2. The summed E-state index contributed by atoms with van der Waals surface area (Å²) < 4.78 is 80.2. The number of rotatable bonds is 6. The van der Waals surface area contributed by atoms with Crippen molar-refractivity contribution in [1.29, 1.82) is 0 Å². The summed E-state index contributed by atoms with van der Waals surface area (Å²) in [6.45, 7) is 0.145. The summed E-state index contributed by atoms with van der Waals surface area (Å²) in [6.07, 6.45) is 10.6. The first-order valence-corrected chi connectivity index (χ1v) is 13.7. The second kappa shape index (κ2) is 10.1. The zero-order valence-electron chi connectivity index (χ0n) is 18.9. The molecule has 4 aliphatic carbocycles. The standard InChI is InChI=1S/C23H37F3O5S/c1-29-14-30-19-12-10-15-6-2-4-8-17(15)21(19)22-18-9-5-3-7-16(18)11-13-20(22)31-32(27,28)23(24,25)26/h15-22H,2-14H2,1H3/t15?,16?,17?,18?,19-,20?,21+,22?/m0/s1. The molecular formula is C23H37F3O5S. The highest BCUT2D eigenvalue weighted by atomic mass is 32.2. The van der Waals surface area contributed by atoms with Gasteiger partial charge in [-0.3, -0.25) is 4.18 Å². The number of hydrogen-bond acceptors (Lipinski definition) is 5. The zero-order valence-corrected chi connectivity index (χ0v) is 19.7.